The summed E-state index contributed by atoms with van der Waals surface area (Å²) in [6.07, 6.45) is 0. The quantitative estimate of drug-likeness (QED) is 0.528. The van der Waals surface area contributed by atoms with E-state index in [-0.39, 0.29) is 27.6 Å². The van der Waals surface area contributed by atoms with E-state index < -0.39 is 4.46 Å². The van der Waals surface area contributed by atoms with Crippen LogP contribution in [0.2, 0.25) is 0 Å². The molecule has 5 heteroatoms. The van der Waals surface area contributed by atoms with Crippen LogP contribution in [-0.4, -0.2) is 11.0 Å². The molecular formula is C2H6Cl2N2Pt. The molecule has 7 heavy (non-hydrogen) atoms. The van der Waals surface area contributed by atoms with Gasteiger partial charge >= 0.3 is 0 Å². The van der Waals surface area contributed by atoms with E-state index >= 15 is 0 Å². The number of rotatable bonds is 1. The molecule has 0 bridgehead atoms. The predicted molar refractivity (Wildman–Crippen MR) is 27.7 cm³/mol. The number of halogens is 2. The summed E-state index contributed by atoms with van der Waals surface area (Å²) in [4.78, 5) is 0. The first-order chi connectivity index (χ1) is 2.56. The van der Waals surface area contributed by atoms with Crippen LogP contribution in [0.3, 0.4) is 0 Å². The first-order valence-electron chi connectivity index (χ1n) is 1.43. The van der Waals surface area contributed by atoms with Gasteiger partial charge in [-0.3, -0.25) is 5.73 Å². The molecule has 0 saturated heterocycles. The zero-order valence-corrected chi connectivity index (χ0v) is 7.22. The van der Waals surface area contributed by atoms with Crippen LogP contribution in [-0.2, 0) is 21.1 Å². The summed E-state index contributed by atoms with van der Waals surface area (Å²) in [5.41, 5.74) is 9.86. The van der Waals surface area contributed by atoms with Crippen LogP contribution < -0.4 is 11.5 Å². The van der Waals surface area contributed by atoms with Crippen molar-refractivity contribution in [2.75, 3.05) is 6.54 Å². The second kappa shape index (κ2) is 4.11. The molecule has 4 N–H and O–H groups in total. The van der Waals surface area contributed by atoms with E-state index in [2.05, 4.69) is 0 Å². The molecule has 0 heterocycles. The van der Waals surface area contributed by atoms with Gasteiger partial charge < -0.3 is 5.73 Å². The SMILES string of the molecule is NCC(N)(Cl)Cl.[Pt]. The van der Waals surface area contributed by atoms with Crippen molar-refractivity contribution in [1.29, 1.82) is 0 Å². The molecule has 0 aliphatic rings. The molecule has 0 aromatic heterocycles. The molecule has 0 amide bonds. The molecule has 0 rings (SSSR count). The number of hydrogen-bond acceptors (Lipinski definition) is 2. The Morgan fingerprint density at radius 1 is 1.43 bits per heavy atom. The summed E-state index contributed by atoms with van der Waals surface area (Å²) in [6, 6.07) is 0. The zero-order valence-electron chi connectivity index (χ0n) is 3.43. The Labute approximate surface area is 66.8 Å². The van der Waals surface area contributed by atoms with Crippen molar-refractivity contribution in [2.45, 2.75) is 4.46 Å². The summed E-state index contributed by atoms with van der Waals surface area (Å²) >= 11 is 10.3. The van der Waals surface area contributed by atoms with E-state index in [0.29, 0.717) is 0 Å². The van der Waals surface area contributed by atoms with Crippen LogP contribution in [0, 0.1) is 0 Å². The van der Waals surface area contributed by atoms with Gasteiger partial charge in [-0.15, -0.1) is 0 Å². The van der Waals surface area contributed by atoms with Crippen LogP contribution in [0.5, 0.6) is 0 Å². The van der Waals surface area contributed by atoms with Crippen LogP contribution in [0.4, 0.5) is 0 Å². The largest absolute Gasteiger partial charge is 0.327 e. The molecular weight excluding hydrogens is 318 g/mol. The van der Waals surface area contributed by atoms with E-state index in [4.69, 9.17) is 34.7 Å². The molecule has 0 aromatic carbocycles. The van der Waals surface area contributed by atoms with Crippen molar-refractivity contribution in [2.24, 2.45) is 11.5 Å². The van der Waals surface area contributed by atoms with Gasteiger partial charge in [0.25, 0.3) is 0 Å². The third-order valence-corrected chi connectivity index (χ3v) is 0.581. The number of alkyl halides is 2. The molecule has 0 radical (unpaired) electrons. The van der Waals surface area contributed by atoms with Crippen molar-refractivity contribution in [3.63, 3.8) is 0 Å². The molecule has 0 fully saturated rings. The van der Waals surface area contributed by atoms with Gasteiger partial charge in [0, 0.05) is 27.6 Å². The fourth-order valence-electron chi connectivity index (χ4n) is 0. The maximum Gasteiger partial charge on any atom is 0.178 e. The summed E-state index contributed by atoms with van der Waals surface area (Å²) in [6.45, 7) is 0.0795. The minimum absolute atomic E-state index is 0. The van der Waals surface area contributed by atoms with Gasteiger partial charge in [-0.05, 0) is 0 Å². The van der Waals surface area contributed by atoms with Gasteiger partial charge in [-0.2, -0.15) is 0 Å². The average Bonchev–Trinajstić information content (AvgIpc) is 1.35. The Kier molecular flexibility index (Phi) is 6.48. The fraction of sp³-hybridized carbons (Fsp3) is 1.00. The Morgan fingerprint density at radius 3 is 1.57 bits per heavy atom. The second-order valence-corrected chi connectivity index (χ2v) is 2.51. The summed E-state index contributed by atoms with van der Waals surface area (Å²) in [5.74, 6) is 0. The average molecular weight is 324 g/mol. The second-order valence-electron chi connectivity index (χ2n) is 0.965. The standard InChI is InChI=1S/C2H6Cl2N2.Pt/c3-2(4,6)1-5;/h1,5-6H2;. The van der Waals surface area contributed by atoms with Crippen LogP contribution in [0.15, 0.2) is 0 Å². The van der Waals surface area contributed by atoms with Crippen molar-refractivity contribution >= 4 is 23.2 Å². The molecule has 0 aromatic rings. The van der Waals surface area contributed by atoms with E-state index in [1.807, 2.05) is 0 Å². The molecule has 0 aliphatic carbocycles. The molecule has 48 valence electrons. The zero-order chi connectivity index (χ0) is 5.21. The van der Waals surface area contributed by atoms with Crippen molar-refractivity contribution in [3.05, 3.63) is 0 Å². The third-order valence-electron chi connectivity index (χ3n) is 0.272. The van der Waals surface area contributed by atoms with Crippen LogP contribution >= 0.6 is 23.2 Å². The van der Waals surface area contributed by atoms with Crippen molar-refractivity contribution in [1.82, 2.24) is 0 Å². The van der Waals surface area contributed by atoms with Gasteiger partial charge in [0.2, 0.25) is 0 Å². The Hall–Kier alpha value is 1.19. The third kappa shape index (κ3) is 11.0. The van der Waals surface area contributed by atoms with Gasteiger partial charge in [-0.25, -0.2) is 0 Å². The van der Waals surface area contributed by atoms with E-state index in [1.54, 1.807) is 0 Å². The maximum atomic E-state index is 5.14. The molecule has 0 atom stereocenters. The maximum absolute atomic E-state index is 5.14. The molecule has 0 saturated carbocycles. The first-order valence-corrected chi connectivity index (χ1v) is 2.18. The smallest absolute Gasteiger partial charge is 0.178 e. The van der Waals surface area contributed by atoms with E-state index in [1.165, 1.54) is 0 Å². The number of hydrogen-bond donors (Lipinski definition) is 2. The van der Waals surface area contributed by atoms with Crippen molar-refractivity contribution in [3.8, 4) is 0 Å². The Morgan fingerprint density at radius 2 is 1.57 bits per heavy atom. The monoisotopic (exact) mass is 323 g/mol. The predicted octanol–water partition coefficient (Wildman–Crippen LogP) is 0.0327. The summed E-state index contributed by atoms with van der Waals surface area (Å²) in [5, 5.41) is 0. The molecule has 0 aliphatic heterocycles. The molecule has 0 spiro atoms. The number of nitrogens with two attached hydrogens (primary N) is 2. The summed E-state index contributed by atoms with van der Waals surface area (Å²) in [7, 11) is 0. The van der Waals surface area contributed by atoms with Gasteiger partial charge in [0.15, 0.2) is 4.46 Å². The fourth-order valence-corrected chi connectivity index (χ4v) is 0. The minimum atomic E-state index is -1.24. The van der Waals surface area contributed by atoms with Crippen molar-refractivity contribution < 1.29 is 21.1 Å². The Balaban J connectivity index is 0. The van der Waals surface area contributed by atoms with E-state index in [9.17, 15) is 0 Å². The summed E-state index contributed by atoms with van der Waals surface area (Å²) < 4.78 is -1.24. The van der Waals surface area contributed by atoms with Gasteiger partial charge in [0.1, 0.15) is 0 Å². The first kappa shape index (κ1) is 11.0. The molecule has 2 nitrogen and oxygen atoms in total. The van der Waals surface area contributed by atoms with Crippen LogP contribution in [0.1, 0.15) is 0 Å². The minimum Gasteiger partial charge on any atom is -0.327 e. The van der Waals surface area contributed by atoms with Gasteiger partial charge in [0.05, 0.1) is 0 Å². The Bertz CT molecular complexity index is 43.4. The molecule has 0 unspecified atom stereocenters. The normalized spacial score (nSPS) is 10.3. The van der Waals surface area contributed by atoms with Gasteiger partial charge in [-0.1, -0.05) is 23.2 Å². The van der Waals surface area contributed by atoms with Crippen LogP contribution in [0.25, 0.3) is 0 Å². The topological polar surface area (TPSA) is 52.0 Å². The van der Waals surface area contributed by atoms with E-state index in [0.717, 1.165) is 0 Å².